The fourth-order valence-corrected chi connectivity index (χ4v) is 2.97. The van der Waals surface area contributed by atoms with Crippen molar-refractivity contribution in [2.45, 2.75) is 13.8 Å². The molecule has 0 aliphatic heterocycles. The molecule has 0 unspecified atom stereocenters. The molecule has 1 heterocycles. The number of nitrogens with zero attached hydrogens (tertiary/aromatic N) is 6. The van der Waals surface area contributed by atoms with Crippen molar-refractivity contribution in [1.29, 1.82) is 10.5 Å². The number of allylic oxidation sites excluding steroid dienone is 1. The van der Waals surface area contributed by atoms with Gasteiger partial charge >= 0.3 is 0 Å². The quantitative estimate of drug-likeness (QED) is 0.573. The normalized spacial score (nSPS) is 10.4. The van der Waals surface area contributed by atoms with Gasteiger partial charge in [0.05, 0.1) is 17.7 Å². The summed E-state index contributed by atoms with van der Waals surface area (Å²) in [6, 6.07) is 15.1. The summed E-state index contributed by atoms with van der Waals surface area (Å²) < 4.78 is 0. The van der Waals surface area contributed by atoms with Gasteiger partial charge in [-0.3, -0.25) is 0 Å². The molecule has 0 saturated heterocycles. The molecule has 3 aromatic rings. The zero-order valence-corrected chi connectivity index (χ0v) is 17.8. The average Bonchev–Trinajstić information content (AvgIpc) is 2.75. The summed E-state index contributed by atoms with van der Waals surface area (Å²) in [6.07, 6.45) is 3.23. The molecular weight excluding hydrogens is 388 g/mol. The number of rotatable bonds is 6. The average molecular weight is 410 g/mol. The molecule has 0 spiro atoms. The third kappa shape index (κ3) is 5.34. The van der Waals surface area contributed by atoms with Gasteiger partial charge in [-0.1, -0.05) is 0 Å². The molecule has 0 fully saturated rings. The van der Waals surface area contributed by atoms with Crippen LogP contribution in [-0.4, -0.2) is 29.0 Å². The second kappa shape index (κ2) is 9.38. The lowest BCUT2D eigenvalue weighted by molar-refractivity contribution is 0.965. The molecule has 0 aliphatic carbocycles. The molecule has 31 heavy (non-hydrogen) atoms. The van der Waals surface area contributed by atoms with Gasteiger partial charge < -0.3 is 15.5 Å². The Hall–Kier alpha value is -4.43. The van der Waals surface area contributed by atoms with Crippen LogP contribution in [0.3, 0.4) is 0 Å². The lowest BCUT2D eigenvalue weighted by Gasteiger charge is -2.16. The molecule has 3 rings (SSSR count). The third-order valence-electron chi connectivity index (χ3n) is 4.44. The molecule has 0 bridgehead atoms. The summed E-state index contributed by atoms with van der Waals surface area (Å²) in [5, 5.41) is 24.2. The standard InChI is InChI=1S/C23H22N8/c1-15-12-18(6-5-11-24)13-16(2)20(15)27-22-28-21(29-23(30-22)31(3)4)26-19-9-7-17(14-25)8-10-19/h5-10,12-13H,1-4H3,(H2,26,27,28,29,30)/b6-5-. The third-order valence-corrected chi connectivity index (χ3v) is 4.44. The molecule has 8 heteroatoms. The number of benzene rings is 2. The van der Waals surface area contributed by atoms with Gasteiger partial charge in [0.1, 0.15) is 0 Å². The van der Waals surface area contributed by atoms with Crippen molar-refractivity contribution in [1.82, 2.24) is 15.0 Å². The summed E-state index contributed by atoms with van der Waals surface area (Å²) in [5.74, 6) is 1.29. The number of aromatic nitrogens is 3. The van der Waals surface area contributed by atoms with Crippen molar-refractivity contribution in [3.63, 3.8) is 0 Å². The van der Waals surface area contributed by atoms with Gasteiger partial charge in [0, 0.05) is 31.5 Å². The zero-order chi connectivity index (χ0) is 22.4. The molecule has 8 nitrogen and oxygen atoms in total. The summed E-state index contributed by atoms with van der Waals surface area (Å²) >= 11 is 0. The van der Waals surface area contributed by atoms with Crippen molar-refractivity contribution in [2.75, 3.05) is 29.6 Å². The smallest absolute Gasteiger partial charge is 0.233 e. The molecule has 0 saturated carbocycles. The minimum Gasteiger partial charge on any atom is -0.347 e. The number of nitrogens with one attached hydrogen (secondary N) is 2. The highest BCUT2D eigenvalue weighted by Crippen LogP contribution is 2.26. The molecule has 154 valence electrons. The monoisotopic (exact) mass is 410 g/mol. The Morgan fingerprint density at radius 1 is 0.903 bits per heavy atom. The highest BCUT2D eigenvalue weighted by molar-refractivity contribution is 5.68. The number of nitriles is 2. The molecule has 0 radical (unpaired) electrons. The Morgan fingerprint density at radius 3 is 2.06 bits per heavy atom. The first-order chi connectivity index (χ1) is 14.9. The largest absolute Gasteiger partial charge is 0.347 e. The van der Waals surface area contributed by atoms with Crippen molar-refractivity contribution in [3.05, 3.63) is 64.7 Å². The van der Waals surface area contributed by atoms with E-state index in [0.29, 0.717) is 23.4 Å². The van der Waals surface area contributed by atoms with Crippen LogP contribution in [0.25, 0.3) is 6.08 Å². The van der Waals surface area contributed by atoms with Crippen LogP contribution in [0.2, 0.25) is 0 Å². The summed E-state index contributed by atoms with van der Waals surface area (Å²) in [5.41, 5.74) is 5.21. The van der Waals surface area contributed by atoms with Crippen molar-refractivity contribution in [2.24, 2.45) is 0 Å². The van der Waals surface area contributed by atoms with Gasteiger partial charge in [0.25, 0.3) is 0 Å². The Bertz CT molecular complexity index is 1170. The predicted molar refractivity (Wildman–Crippen MR) is 122 cm³/mol. The molecule has 2 aromatic carbocycles. The van der Waals surface area contributed by atoms with E-state index < -0.39 is 0 Å². The first kappa shape index (κ1) is 21.3. The molecular formula is C23H22N8. The Morgan fingerprint density at radius 2 is 1.52 bits per heavy atom. The topological polar surface area (TPSA) is 114 Å². The first-order valence-electron chi connectivity index (χ1n) is 9.54. The van der Waals surface area contributed by atoms with Crippen LogP contribution >= 0.6 is 0 Å². The van der Waals surface area contributed by atoms with E-state index in [1.165, 1.54) is 6.08 Å². The Labute approximate surface area is 181 Å². The highest BCUT2D eigenvalue weighted by atomic mass is 15.3. The van der Waals surface area contributed by atoms with Crippen molar-refractivity contribution in [3.8, 4) is 12.1 Å². The van der Waals surface area contributed by atoms with Crippen LogP contribution < -0.4 is 15.5 Å². The number of hydrogen-bond donors (Lipinski definition) is 2. The minimum atomic E-state index is 0.384. The molecule has 1 aromatic heterocycles. The lowest BCUT2D eigenvalue weighted by atomic mass is 10.0. The van der Waals surface area contributed by atoms with E-state index >= 15 is 0 Å². The van der Waals surface area contributed by atoms with Crippen LogP contribution in [0.5, 0.6) is 0 Å². The minimum absolute atomic E-state index is 0.384. The van der Waals surface area contributed by atoms with E-state index in [9.17, 15) is 0 Å². The van der Waals surface area contributed by atoms with Crippen LogP contribution in [0.1, 0.15) is 22.3 Å². The van der Waals surface area contributed by atoms with E-state index in [2.05, 4.69) is 31.7 Å². The van der Waals surface area contributed by atoms with E-state index in [0.717, 1.165) is 28.1 Å². The fraction of sp³-hybridized carbons (Fsp3) is 0.174. The second-order valence-electron chi connectivity index (χ2n) is 7.11. The highest BCUT2D eigenvalue weighted by Gasteiger charge is 2.12. The Kier molecular flexibility index (Phi) is 6.44. The van der Waals surface area contributed by atoms with Gasteiger partial charge in [-0.2, -0.15) is 25.5 Å². The zero-order valence-electron chi connectivity index (χ0n) is 17.8. The maximum absolute atomic E-state index is 8.96. The SMILES string of the molecule is Cc1cc(/C=C\C#N)cc(C)c1Nc1nc(Nc2ccc(C#N)cc2)nc(N(C)C)n1. The number of hydrogen-bond acceptors (Lipinski definition) is 8. The van der Waals surface area contributed by atoms with E-state index in [4.69, 9.17) is 10.5 Å². The molecule has 0 atom stereocenters. The maximum Gasteiger partial charge on any atom is 0.233 e. The van der Waals surface area contributed by atoms with Crippen LogP contribution in [0, 0.1) is 36.5 Å². The van der Waals surface area contributed by atoms with E-state index in [1.54, 1.807) is 35.2 Å². The second-order valence-corrected chi connectivity index (χ2v) is 7.11. The Balaban J connectivity index is 1.93. The van der Waals surface area contributed by atoms with Crippen LogP contribution in [0.4, 0.5) is 29.2 Å². The van der Waals surface area contributed by atoms with E-state index in [-0.39, 0.29) is 0 Å². The summed E-state index contributed by atoms with van der Waals surface area (Å²) in [7, 11) is 3.72. The summed E-state index contributed by atoms with van der Waals surface area (Å²) in [4.78, 5) is 15.3. The predicted octanol–water partition coefficient (Wildman–Crippen LogP) is 4.45. The fourth-order valence-electron chi connectivity index (χ4n) is 2.97. The van der Waals surface area contributed by atoms with Crippen LogP contribution in [-0.2, 0) is 0 Å². The number of anilines is 5. The summed E-state index contributed by atoms with van der Waals surface area (Å²) in [6.45, 7) is 3.98. The first-order valence-corrected chi connectivity index (χ1v) is 9.54. The van der Waals surface area contributed by atoms with E-state index in [1.807, 2.05) is 46.1 Å². The van der Waals surface area contributed by atoms with Crippen molar-refractivity contribution < 1.29 is 0 Å². The molecule has 0 amide bonds. The van der Waals surface area contributed by atoms with Gasteiger partial charge in [-0.15, -0.1) is 0 Å². The van der Waals surface area contributed by atoms with Gasteiger partial charge in [0.15, 0.2) is 0 Å². The van der Waals surface area contributed by atoms with Gasteiger partial charge in [-0.25, -0.2) is 0 Å². The lowest BCUT2D eigenvalue weighted by Crippen LogP contribution is -2.16. The molecule has 2 N–H and O–H groups in total. The molecule has 0 aliphatic rings. The van der Waals surface area contributed by atoms with Crippen LogP contribution in [0.15, 0.2) is 42.5 Å². The number of aryl methyl sites for hydroxylation is 2. The van der Waals surface area contributed by atoms with Crippen molar-refractivity contribution >= 4 is 35.3 Å². The van der Waals surface area contributed by atoms with Gasteiger partial charge in [-0.05, 0) is 73.0 Å². The maximum atomic E-state index is 8.96. The van der Waals surface area contributed by atoms with Gasteiger partial charge in [0.2, 0.25) is 17.8 Å².